The van der Waals surface area contributed by atoms with Crippen LogP contribution in [0.1, 0.15) is 36.2 Å². The molecule has 0 aliphatic rings. The molecule has 0 unspecified atom stereocenters. The van der Waals surface area contributed by atoms with Crippen LogP contribution in [0.2, 0.25) is 0 Å². The molecule has 0 saturated carbocycles. The maximum Gasteiger partial charge on any atom is 0.416 e. The van der Waals surface area contributed by atoms with Gasteiger partial charge in [-0.25, -0.2) is 0 Å². The van der Waals surface area contributed by atoms with E-state index < -0.39 is 17.6 Å². The van der Waals surface area contributed by atoms with Crippen molar-refractivity contribution in [3.63, 3.8) is 0 Å². The van der Waals surface area contributed by atoms with Crippen LogP contribution < -0.4 is 10.1 Å². The van der Waals surface area contributed by atoms with E-state index in [4.69, 9.17) is 4.74 Å². The van der Waals surface area contributed by atoms with Crippen molar-refractivity contribution in [1.82, 2.24) is 0 Å². The minimum Gasteiger partial charge on any atom is -0.493 e. The molecule has 0 saturated heterocycles. The number of halogens is 4. The fourth-order valence-corrected chi connectivity index (χ4v) is 2.54. The van der Waals surface area contributed by atoms with E-state index in [0.29, 0.717) is 22.7 Å². The van der Waals surface area contributed by atoms with E-state index in [-0.39, 0.29) is 11.3 Å². The SMILES string of the molecule is CC(C)CCOc1ccc(Br)cc1C(=O)Nc1cccc(C(F)(F)F)c1. The average molecular weight is 430 g/mol. The van der Waals surface area contributed by atoms with Gasteiger partial charge in [-0.15, -0.1) is 0 Å². The van der Waals surface area contributed by atoms with Gasteiger partial charge >= 0.3 is 6.18 Å². The van der Waals surface area contributed by atoms with E-state index in [2.05, 4.69) is 35.1 Å². The third kappa shape index (κ3) is 5.76. The smallest absolute Gasteiger partial charge is 0.416 e. The van der Waals surface area contributed by atoms with Crippen molar-refractivity contribution in [3.8, 4) is 5.75 Å². The molecule has 0 aliphatic heterocycles. The predicted octanol–water partition coefficient (Wildman–Crippen LogP) is 6.15. The summed E-state index contributed by atoms with van der Waals surface area (Å²) in [6.07, 6.45) is -3.65. The van der Waals surface area contributed by atoms with Gasteiger partial charge in [-0.3, -0.25) is 4.79 Å². The molecule has 2 aromatic carbocycles. The van der Waals surface area contributed by atoms with E-state index in [1.54, 1.807) is 18.2 Å². The minimum atomic E-state index is -4.47. The van der Waals surface area contributed by atoms with Crippen LogP contribution in [0.4, 0.5) is 18.9 Å². The quantitative estimate of drug-likeness (QED) is 0.598. The van der Waals surface area contributed by atoms with Crippen LogP contribution >= 0.6 is 15.9 Å². The predicted molar refractivity (Wildman–Crippen MR) is 98.5 cm³/mol. The molecule has 0 radical (unpaired) electrons. The normalized spacial score (nSPS) is 11.5. The topological polar surface area (TPSA) is 38.3 Å². The summed E-state index contributed by atoms with van der Waals surface area (Å²) >= 11 is 3.29. The van der Waals surface area contributed by atoms with E-state index in [9.17, 15) is 18.0 Å². The molecule has 0 aliphatic carbocycles. The van der Waals surface area contributed by atoms with Crippen molar-refractivity contribution in [3.05, 3.63) is 58.1 Å². The summed E-state index contributed by atoms with van der Waals surface area (Å²) in [6.45, 7) is 4.57. The number of anilines is 1. The Hall–Kier alpha value is -2.02. The van der Waals surface area contributed by atoms with Gasteiger partial charge in [0, 0.05) is 10.2 Å². The zero-order valence-electron chi connectivity index (χ0n) is 14.4. The fraction of sp³-hybridized carbons (Fsp3) is 0.316. The molecular weight excluding hydrogens is 411 g/mol. The molecule has 140 valence electrons. The first kappa shape index (κ1) is 20.3. The third-order valence-electron chi connectivity index (χ3n) is 3.59. The Morgan fingerprint density at radius 3 is 2.58 bits per heavy atom. The number of alkyl halides is 3. The average Bonchev–Trinajstić information content (AvgIpc) is 2.55. The van der Waals surface area contributed by atoms with Gasteiger partial charge in [0.25, 0.3) is 5.91 Å². The van der Waals surface area contributed by atoms with Crippen LogP contribution in [0.5, 0.6) is 5.75 Å². The van der Waals surface area contributed by atoms with Crippen molar-refractivity contribution < 1.29 is 22.7 Å². The first-order valence-electron chi connectivity index (χ1n) is 8.08. The summed E-state index contributed by atoms with van der Waals surface area (Å²) in [4.78, 5) is 12.6. The Kier molecular flexibility index (Phi) is 6.69. The van der Waals surface area contributed by atoms with Crippen LogP contribution in [0.15, 0.2) is 46.9 Å². The summed E-state index contributed by atoms with van der Waals surface area (Å²) in [7, 11) is 0. The zero-order valence-corrected chi connectivity index (χ0v) is 15.9. The molecular formula is C19H19BrF3NO2. The number of rotatable bonds is 6. The molecule has 0 bridgehead atoms. The second kappa shape index (κ2) is 8.58. The Morgan fingerprint density at radius 2 is 1.92 bits per heavy atom. The van der Waals surface area contributed by atoms with E-state index in [1.165, 1.54) is 12.1 Å². The van der Waals surface area contributed by atoms with Crippen LogP contribution in [0, 0.1) is 5.92 Å². The van der Waals surface area contributed by atoms with Crippen molar-refractivity contribution in [2.75, 3.05) is 11.9 Å². The fourth-order valence-electron chi connectivity index (χ4n) is 2.18. The van der Waals surface area contributed by atoms with Gasteiger partial charge in [-0.05, 0) is 48.7 Å². The summed E-state index contributed by atoms with van der Waals surface area (Å²) < 4.78 is 44.8. The maximum atomic E-state index is 12.8. The van der Waals surface area contributed by atoms with Crippen molar-refractivity contribution in [2.24, 2.45) is 5.92 Å². The molecule has 26 heavy (non-hydrogen) atoms. The van der Waals surface area contributed by atoms with Crippen molar-refractivity contribution in [2.45, 2.75) is 26.4 Å². The third-order valence-corrected chi connectivity index (χ3v) is 4.08. The lowest BCUT2D eigenvalue weighted by molar-refractivity contribution is -0.137. The lowest BCUT2D eigenvalue weighted by Crippen LogP contribution is -2.15. The van der Waals surface area contributed by atoms with Crippen molar-refractivity contribution >= 4 is 27.5 Å². The van der Waals surface area contributed by atoms with Gasteiger partial charge in [0.2, 0.25) is 0 Å². The highest BCUT2D eigenvalue weighted by Crippen LogP contribution is 2.31. The molecule has 0 spiro atoms. The second-order valence-electron chi connectivity index (χ2n) is 6.20. The van der Waals surface area contributed by atoms with Crippen LogP contribution in [0.3, 0.4) is 0 Å². The number of hydrogen-bond donors (Lipinski definition) is 1. The van der Waals surface area contributed by atoms with E-state index >= 15 is 0 Å². The van der Waals surface area contributed by atoms with Gasteiger partial charge < -0.3 is 10.1 Å². The number of amides is 1. The molecule has 1 N–H and O–H groups in total. The Bertz CT molecular complexity index is 776. The number of carbonyl (C=O) groups is 1. The number of benzene rings is 2. The lowest BCUT2D eigenvalue weighted by atomic mass is 10.1. The van der Waals surface area contributed by atoms with Gasteiger partial charge in [0.1, 0.15) is 5.75 Å². The second-order valence-corrected chi connectivity index (χ2v) is 7.12. The van der Waals surface area contributed by atoms with E-state index in [0.717, 1.165) is 18.6 Å². The maximum absolute atomic E-state index is 12.8. The molecule has 2 aromatic rings. The molecule has 0 fully saturated rings. The molecule has 1 amide bonds. The highest BCUT2D eigenvalue weighted by molar-refractivity contribution is 9.10. The highest BCUT2D eigenvalue weighted by Gasteiger charge is 2.30. The van der Waals surface area contributed by atoms with Gasteiger partial charge in [-0.1, -0.05) is 35.8 Å². The first-order valence-corrected chi connectivity index (χ1v) is 8.87. The largest absolute Gasteiger partial charge is 0.493 e. The number of carbonyl (C=O) groups excluding carboxylic acids is 1. The van der Waals surface area contributed by atoms with Crippen LogP contribution in [-0.2, 0) is 6.18 Å². The summed E-state index contributed by atoms with van der Waals surface area (Å²) in [5, 5.41) is 2.50. The summed E-state index contributed by atoms with van der Waals surface area (Å²) in [6, 6.07) is 9.49. The number of hydrogen-bond acceptors (Lipinski definition) is 2. The molecule has 2 rings (SSSR count). The monoisotopic (exact) mass is 429 g/mol. The summed E-state index contributed by atoms with van der Waals surface area (Å²) in [5.74, 6) is 0.302. The Labute approximate surface area is 158 Å². The minimum absolute atomic E-state index is 0.0675. The number of nitrogens with one attached hydrogen (secondary N) is 1. The van der Waals surface area contributed by atoms with Gasteiger partial charge in [0.15, 0.2) is 0 Å². The van der Waals surface area contributed by atoms with Gasteiger partial charge in [-0.2, -0.15) is 13.2 Å². The Balaban J connectivity index is 2.20. The standard InChI is InChI=1S/C19H19BrF3NO2/c1-12(2)8-9-26-17-7-6-14(20)11-16(17)18(25)24-15-5-3-4-13(10-15)19(21,22)23/h3-7,10-12H,8-9H2,1-2H3,(H,24,25). The first-order chi connectivity index (χ1) is 12.2. The highest BCUT2D eigenvalue weighted by atomic mass is 79.9. The molecule has 0 heterocycles. The number of ether oxygens (including phenoxy) is 1. The van der Waals surface area contributed by atoms with Crippen molar-refractivity contribution in [1.29, 1.82) is 0 Å². The molecule has 0 atom stereocenters. The molecule has 0 aromatic heterocycles. The van der Waals surface area contributed by atoms with Crippen LogP contribution in [0.25, 0.3) is 0 Å². The zero-order chi connectivity index (χ0) is 19.3. The van der Waals surface area contributed by atoms with Crippen LogP contribution in [-0.4, -0.2) is 12.5 Å². The van der Waals surface area contributed by atoms with Gasteiger partial charge in [0.05, 0.1) is 17.7 Å². The molecule has 7 heteroatoms. The lowest BCUT2D eigenvalue weighted by Gasteiger charge is -2.14. The van der Waals surface area contributed by atoms with E-state index in [1.807, 2.05) is 0 Å². The Morgan fingerprint density at radius 1 is 1.19 bits per heavy atom. The summed E-state index contributed by atoms with van der Waals surface area (Å²) in [5.41, 5.74) is -0.503. The molecule has 3 nitrogen and oxygen atoms in total.